The Hall–Kier alpha value is -0.620. The van der Waals surface area contributed by atoms with E-state index in [0.717, 1.165) is 42.9 Å². The fraction of sp³-hybridized carbons (Fsp3) is 0.929. The molecular weight excluding hydrogens is 270 g/mol. The van der Waals surface area contributed by atoms with Gasteiger partial charge in [0.15, 0.2) is 0 Å². The van der Waals surface area contributed by atoms with Gasteiger partial charge in [0, 0.05) is 12.3 Å². The van der Waals surface area contributed by atoms with Crippen LogP contribution in [0.5, 0.6) is 0 Å². The maximum absolute atomic E-state index is 4.14. The molecular formula is C14H29N5S. The van der Waals surface area contributed by atoms with E-state index in [1.165, 1.54) is 25.7 Å². The Kier molecular flexibility index (Phi) is 9.66. The second-order valence-electron chi connectivity index (χ2n) is 5.16. The minimum absolute atomic E-state index is 0.781. The lowest BCUT2D eigenvalue weighted by molar-refractivity contribution is 0.494. The number of nitrogens with one attached hydrogen (secondary N) is 1. The Morgan fingerprint density at radius 1 is 1.20 bits per heavy atom. The molecule has 1 N–H and O–H groups in total. The van der Waals surface area contributed by atoms with Gasteiger partial charge in [-0.2, -0.15) is 0 Å². The lowest BCUT2D eigenvalue weighted by Gasteiger charge is -2.13. The van der Waals surface area contributed by atoms with Crippen LogP contribution in [0.1, 0.15) is 52.9 Å². The van der Waals surface area contributed by atoms with Gasteiger partial charge in [0.25, 0.3) is 0 Å². The molecule has 0 saturated carbocycles. The molecule has 0 aliphatic rings. The number of unbranched alkanes of at least 4 members (excludes halogenated alkanes) is 1. The number of hydrogen-bond donors (Lipinski definition) is 1. The minimum Gasteiger partial charge on any atom is -0.315 e. The van der Waals surface area contributed by atoms with Gasteiger partial charge in [0.05, 0.1) is 6.54 Å². The molecule has 1 unspecified atom stereocenters. The van der Waals surface area contributed by atoms with Crippen LogP contribution in [0.15, 0.2) is 5.16 Å². The van der Waals surface area contributed by atoms with Crippen molar-refractivity contribution in [2.45, 2.75) is 64.6 Å². The van der Waals surface area contributed by atoms with Gasteiger partial charge in [-0.05, 0) is 35.7 Å². The van der Waals surface area contributed by atoms with Crippen molar-refractivity contribution in [1.29, 1.82) is 0 Å². The van der Waals surface area contributed by atoms with Crippen LogP contribution >= 0.6 is 11.8 Å². The van der Waals surface area contributed by atoms with Crippen LogP contribution in [0.2, 0.25) is 0 Å². The maximum atomic E-state index is 4.14. The molecule has 5 nitrogen and oxygen atoms in total. The number of hydrogen-bond acceptors (Lipinski definition) is 5. The summed E-state index contributed by atoms with van der Waals surface area (Å²) in [7, 11) is 0. The smallest absolute Gasteiger partial charge is 0.209 e. The average molecular weight is 299 g/mol. The second-order valence-corrected chi connectivity index (χ2v) is 6.15. The molecule has 116 valence electrons. The molecule has 0 aliphatic carbocycles. The highest BCUT2D eigenvalue weighted by Gasteiger charge is 2.11. The van der Waals surface area contributed by atoms with Crippen LogP contribution in [0.3, 0.4) is 0 Å². The van der Waals surface area contributed by atoms with Crippen molar-refractivity contribution in [3.63, 3.8) is 0 Å². The third kappa shape index (κ3) is 6.70. The summed E-state index contributed by atoms with van der Waals surface area (Å²) in [6, 6.07) is 0. The van der Waals surface area contributed by atoms with Crippen molar-refractivity contribution in [3.05, 3.63) is 0 Å². The third-order valence-electron chi connectivity index (χ3n) is 3.42. The predicted octanol–water partition coefficient (Wildman–Crippen LogP) is 2.98. The quantitative estimate of drug-likeness (QED) is 0.475. The van der Waals surface area contributed by atoms with Gasteiger partial charge in [0.1, 0.15) is 0 Å². The number of tetrazole rings is 1. The van der Waals surface area contributed by atoms with E-state index in [4.69, 9.17) is 0 Å². The van der Waals surface area contributed by atoms with E-state index < -0.39 is 0 Å². The zero-order chi connectivity index (χ0) is 14.6. The highest BCUT2D eigenvalue weighted by atomic mass is 32.2. The Morgan fingerprint density at radius 3 is 2.75 bits per heavy atom. The predicted molar refractivity (Wildman–Crippen MR) is 85.0 cm³/mol. The van der Waals surface area contributed by atoms with Gasteiger partial charge in [-0.3, -0.25) is 0 Å². The average Bonchev–Trinajstić information content (AvgIpc) is 2.91. The largest absolute Gasteiger partial charge is 0.315 e. The summed E-state index contributed by atoms with van der Waals surface area (Å²) in [5.74, 6) is 1.91. The number of rotatable bonds is 12. The lowest BCUT2D eigenvalue weighted by atomic mass is 10.0. The van der Waals surface area contributed by atoms with Crippen LogP contribution in [-0.4, -0.2) is 39.0 Å². The summed E-state index contributed by atoms with van der Waals surface area (Å²) in [6.45, 7) is 9.54. The molecule has 0 fully saturated rings. The summed E-state index contributed by atoms with van der Waals surface area (Å²) >= 11 is 1.80. The van der Waals surface area contributed by atoms with Gasteiger partial charge in [-0.1, -0.05) is 51.8 Å². The molecule has 0 radical (unpaired) electrons. The van der Waals surface area contributed by atoms with Crippen molar-refractivity contribution in [2.75, 3.05) is 18.8 Å². The van der Waals surface area contributed by atoms with Crippen molar-refractivity contribution < 1.29 is 0 Å². The molecule has 6 heteroatoms. The zero-order valence-corrected chi connectivity index (χ0v) is 14.0. The van der Waals surface area contributed by atoms with E-state index in [1.807, 2.05) is 4.68 Å². The topological polar surface area (TPSA) is 55.6 Å². The molecule has 0 amide bonds. The van der Waals surface area contributed by atoms with E-state index in [2.05, 4.69) is 41.6 Å². The molecule has 1 heterocycles. The van der Waals surface area contributed by atoms with E-state index in [9.17, 15) is 0 Å². The Balaban J connectivity index is 2.33. The van der Waals surface area contributed by atoms with E-state index in [1.54, 1.807) is 11.8 Å². The molecule has 0 spiro atoms. The Labute approximate surface area is 127 Å². The van der Waals surface area contributed by atoms with E-state index in [-0.39, 0.29) is 0 Å². The van der Waals surface area contributed by atoms with E-state index >= 15 is 0 Å². The molecule has 0 aliphatic heterocycles. The van der Waals surface area contributed by atoms with Crippen molar-refractivity contribution >= 4 is 11.8 Å². The van der Waals surface area contributed by atoms with Gasteiger partial charge in [-0.25, -0.2) is 4.68 Å². The first-order chi connectivity index (χ1) is 9.81. The first-order valence-corrected chi connectivity index (χ1v) is 8.90. The normalized spacial score (nSPS) is 12.8. The molecule has 0 bridgehead atoms. The highest BCUT2D eigenvalue weighted by Crippen LogP contribution is 2.22. The van der Waals surface area contributed by atoms with Gasteiger partial charge in [-0.15, -0.1) is 5.10 Å². The van der Waals surface area contributed by atoms with Crippen molar-refractivity contribution in [3.8, 4) is 0 Å². The maximum Gasteiger partial charge on any atom is 0.209 e. The highest BCUT2D eigenvalue weighted by molar-refractivity contribution is 7.99. The third-order valence-corrected chi connectivity index (χ3v) is 4.61. The van der Waals surface area contributed by atoms with Crippen LogP contribution in [0, 0.1) is 5.92 Å². The monoisotopic (exact) mass is 299 g/mol. The molecule has 0 saturated heterocycles. The molecule has 1 aromatic rings. The van der Waals surface area contributed by atoms with Gasteiger partial charge >= 0.3 is 0 Å². The van der Waals surface area contributed by atoms with E-state index in [0.29, 0.717) is 0 Å². The number of thioether (sulfide) groups is 1. The SMILES string of the molecule is CCCCC(CC)CSc1nnnn1CCNCCC. The first kappa shape index (κ1) is 17.4. The summed E-state index contributed by atoms with van der Waals surface area (Å²) in [5.41, 5.74) is 0. The second kappa shape index (κ2) is 11.1. The Bertz CT molecular complexity index is 342. The summed E-state index contributed by atoms with van der Waals surface area (Å²) in [4.78, 5) is 0. The van der Waals surface area contributed by atoms with Gasteiger partial charge in [0.2, 0.25) is 5.16 Å². The summed E-state index contributed by atoms with van der Waals surface area (Å²) in [5, 5.41) is 16.4. The first-order valence-electron chi connectivity index (χ1n) is 7.91. The zero-order valence-electron chi connectivity index (χ0n) is 13.1. The summed E-state index contributed by atoms with van der Waals surface area (Å²) in [6.07, 6.45) is 6.33. The molecule has 1 rings (SSSR count). The molecule has 20 heavy (non-hydrogen) atoms. The van der Waals surface area contributed by atoms with Crippen molar-refractivity contribution in [2.24, 2.45) is 5.92 Å². The summed E-state index contributed by atoms with van der Waals surface area (Å²) < 4.78 is 1.92. The standard InChI is InChI=1S/C14H29N5S/c1-4-7-8-13(6-3)12-20-14-16-17-18-19(14)11-10-15-9-5-2/h13,15H,4-12H2,1-3H3. The van der Waals surface area contributed by atoms with Crippen LogP contribution in [-0.2, 0) is 6.54 Å². The molecule has 1 atom stereocenters. The van der Waals surface area contributed by atoms with Crippen LogP contribution in [0.25, 0.3) is 0 Å². The van der Waals surface area contributed by atoms with Gasteiger partial charge < -0.3 is 5.32 Å². The number of aromatic nitrogens is 4. The number of nitrogens with zero attached hydrogens (tertiary/aromatic N) is 4. The van der Waals surface area contributed by atoms with Crippen molar-refractivity contribution in [1.82, 2.24) is 25.5 Å². The molecule has 0 aromatic carbocycles. The fourth-order valence-electron chi connectivity index (χ4n) is 2.02. The Morgan fingerprint density at radius 2 is 2.05 bits per heavy atom. The lowest BCUT2D eigenvalue weighted by Crippen LogP contribution is -2.21. The van der Waals surface area contributed by atoms with Crippen LogP contribution < -0.4 is 5.32 Å². The fourth-order valence-corrected chi connectivity index (χ4v) is 3.18. The molecule has 1 aromatic heterocycles. The minimum atomic E-state index is 0.781. The van der Waals surface area contributed by atoms with Crippen LogP contribution in [0.4, 0.5) is 0 Å².